The topological polar surface area (TPSA) is 110 Å². The maximum atomic E-state index is 12.9. The number of unbranched alkanes of at least 4 members (excludes halogenated alkanes) is 1. The van der Waals surface area contributed by atoms with Gasteiger partial charge in [0, 0.05) is 25.2 Å². The summed E-state index contributed by atoms with van der Waals surface area (Å²) < 4.78 is 12.0. The molecule has 0 aromatic carbocycles. The highest BCUT2D eigenvalue weighted by atomic mass is 16.6. The van der Waals surface area contributed by atoms with Gasteiger partial charge in [0.05, 0.1) is 30.8 Å². The summed E-state index contributed by atoms with van der Waals surface area (Å²) >= 11 is 0. The van der Waals surface area contributed by atoms with Crippen LogP contribution in [0.5, 0.6) is 0 Å². The van der Waals surface area contributed by atoms with Gasteiger partial charge < -0.3 is 19.7 Å². The third-order valence-electron chi connectivity index (χ3n) is 7.92. The summed E-state index contributed by atoms with van der Waals surface area (Å²) in [5, 5.41) is 21.0. The third kappa shape index (κ3) is 12.0. The second-order valence-electron chi connectivity index (χ2n) is 11.7. The average molecular weight is 571 g/mol. The molecule has 0 radical (unpaired) electrons. The lowest BCUT2D eigenvalue weighted by Crippen LogP contribution is -2.30. The Labute approximate surface area is 246 Å². The van der Waals surface area contributed by atoms with Gasteiger partial charge in [-0.3, -0.25) is 14.4 Å². The van der Waals surface area contributed by atoms with Crippen LogP contribution >= 0.6 is 0 Å². The molecule has 7 nitrogen and oxygen atoms in total. The summed E-state index contributed by atoms with van der Waals surface area (Å²) in [4.78, 5) is 38.3. The molecule has 2 aliphatic heterocycles. The number of aliphatic hydroxyl groups is 2. The summed E-state index contributed by atoms with van der Waals surface area (Å²) in [6.45, 7) is 15.5. The number of hydrogen-bond donors (Lipinski definition) is 2. The maximum Gasteiger partial charge on any atom is 0.310 e. The Morgan fingerprint density at radius 2 is 1.93 bits per heavy atom. The Morgan fingerprint density at radius 3 is 2.63 bits per heavy atom. The molecule has 0 spiro atoms. The SMILES string of the molecule is C=C1CC/C=C(\C)[C@@H](O)CC(=O)C(C)CC(=O)C[C@H]2CC[C@@H](O2)[C@H](/C=C/C=C(\C)[C@@H](O)C(=C)CCCC)OC(=O)C1. The fourth-order valence-electron chi connectivity index (χ4n) is 5.11. The quantitative estimate of drug-likeness (QED) is 0.218. The summed E-state index contributed by atoms with van der Waals surface area (Å²) in [5.74, 6) is -1.10. The Kier molecular flexibility index (Phi) is 14.7. The monoisotopic (exact) mass is 570 g/mol. The van der Waals surface area contributed by atoms with Crippen molar-refractivity contribution in [1.82, 2.24) is 0 Å². The van der Waals surface area contributed by atoms with Gasteiger partial charge in [0.25, 0.3) is 0 Å². The van der Waals surface area contributed by atoms with Gasteiger partial charge in [-0.1, -0.05) is 57.2 Å². The summed E-state index contributed by atoms with van der Waals surface area (Å²) in [6.07, 6.45) is 9.57. The van der Waals surface area contributed by atoms with Crippen molar-refractivity contribution in [3.63, 3.8) is 0 Å². The highest BCUT2D eigenvalue weighted by molar-refractivity contribution is 5.88. The fraction of sp³-hybridized carbons (Fsp3) is 0.618. The molecular formula is C34H50O7. The molecule has 2 N–H and O–H groups in total. The molecule has 1 saturated heterocycles. The lowest BCUT2D eigenvalue weighted by atomic mass is 9.92. The predicted molar refractivity (Wildman–Crippen MR) is 161 cm³/mol. The van der Waals surface area contributed by atoms with Gasteiger partial charge >= 0.3 is 5.97 Å². The molecule has 7 heteroatoms. The average Bonchev–Trinajstić information content (AvgIpc) is 3.37. The van der Waals surface area contributed by atoms with E-state index in [0.29, 0.717) is 36.8 Å². The summed E-state index contributed by atoms with van der Waals surface area (Å²) in [6, 6.07) is 0. The Bertz CT molecular complexity index is 1030. The van der Waals surface area contributed by atoms with Crippen LogP contribution in [0.1, 0.15) is 98.3 Å². The van der Waals surface area contributed by atoms with Gasteiger partial charge in [0.15, 0.2) is 0 Å². The van der Waals surface area contributed by atoms with Gasteiger partial charge in [-0.25, -0.2) is 0 Å². The van der Waals surface area contributed by atoms with Gasteiger partial charge in [0.2, 0.25) is 0 Å². The molecule has 2 rings (SSSR count). The van der Waals surface area contributed by atoms with Crippen molar-refractivity contribution < 1.29 is 34.1 Å². The fourth-order valence-corrected chi connectivity index (χ4v) is 5.11. The molecule has 0 saturated carbocycles. The zero-order chi connectivity index (χ0) is 30.5. The van der Waals surface area contributed by atoms with E-state index in [1.54, 1.807) is 32.1 Å². The first-order valence-corrected chi connectivity index (χ1v) is 15.0. The van der Waals surface area contributed by atoms with E-state index in [2.05, 4.69) is 20.1 Å². The van der Waals surface area contributed by atoms with Crippen LogP contribution in [0.25, 0.3) is 0 Å². The number of ether oxygens (including phenoxy) is 2. The second-order valence-corrected chi connectivity index (χ2v) is 11.7. The minimum absolute atomic E-state index is 0.0299. The molecule has 0 aromatic heterocycles. The second kappa shape index (κ2) is 17.4. The van der Waals surface area contributed by atoms with Crippen molar-refractivity contribution in [3.8, 4) is 0 Å². The Morgan fingerprint density at radius 1 is 1.20 bits per heavy atom. The van der Waals surface area contributed by atoms with Crippen LogP contribution in [0.2, 0.25) is 0 Å². The highest BCUT2D eigenvalue weighted by Crippen LogP contribution is 2.28. The molecule has 228 valence electrons. The number of allylic oxidation sites excluding steroid dienone is 3. The number of cyclic esters (lactones) is 1. The summed E-state index contributed by atoms with van der Waals surface area (Å²) in [5.41, 5.74) is 2.90. The van der Waals surface area contributed by atoms with E-state index >= 15 is 0 Å². The van der Waals surface area contributed by atoms with Gasteiger partial charge in [-0.2, -0.15) is 0 Å². The Hall–Kier alpha value is -2.61. The number of hydrogen-bond acceptors (Lipinski definition) is 7. The van der Waals surface area contributed by atoms with E-state index in [9.17, 15) is 24.6 Å². The first kappa shape index (κ1) is 34.6. The van der Waals surface area contributed by atoms with E-state index in [0.717, 1.165) is 30.4 Å². The summed E-state index contributed by atoms with van der Waals surface area (Å²) in [7, 11) is 0. The molecule has 1 unspecified atom stereocenters. The number of ketones is 2. The largest absolute Gasteiger partial charge is 0.455 e. The van der Waals surface area contributed by atoms with E-state index in [1.807, 2.05) is 13.0 Å². The van der Waals surface area contributed by atoms with Gasteiger partial charge in [0.1, 0.15) is 17.7 Å². The predicted octanol–water partition coefficient (Wildman–Crippen LogP) is 6.05. The number of esters is 1. The minimum atomic E-state index is -0.903. The van der Waals surface area contributed by atoms with E-state index in [1.165, 1.54) is 0 Å². The number of rotatable bonds is 7. The van der Waals surface area contributed by atoms with E-state index in [-0.39, 0.29) is 43.4 Å². The molecule has 41 heavy (non-hydrogen) atoms. The van der Waals surface area contributed by atoms with Crippen LogP contribution in [0.4, 0.5) is 0 Å². The van der Waals surface area contributed by atoms with Crippen molar-refractivity contribution in [2.45, 2.75) is 129 Å². The van der Waals surface area contributed by atoms with Crippen LogP contribution in [0.3, 0.4) is 0 Å². The molecule has 2 heterocycles. The van der Waals surface area contributed by atoms with Crippen LogP contribution in [-0.4, -0.2) is 58.3 Å². The van der Waals surface area contributed by atoms with Crippen molar-refractivity contribution in [2.75, 3.05) is 0 Å². The van der Waals surface area contributed by atoms with Crippen LogP contribution in [0, 0.1) is 5.92 Å². The highest BCUT2D eigenvalue weighted by Gasteiger charge is 2.34. The Balaban J connectivity index is 2.21. The van der Waals surface area contributed by atoms with Crippen molar-refractivity contribution in [3.05, 3.63) is 59.8 Å². The maximum absolute atomic E-state index is 12.9. The molecular weight excluding hydrogens is 520 g/mol. The first-order valence-electron chi connectivity index (χ1n) is 15.0. The molecule has 0 aliphatic carbocycles. The van der Waals surface area contributed by atoms with Crippen molar-refractivity contribution in [2.24, 2.45) is 5.92 Å². The number of Topliss-reactive ketones (excluding diaryl/α,β-unsaturated/α-hetero) is 2. The molecule has 0 amide bonds. The van der Waals surface area contributed by atoms with E-state index in [4.69, 9.17) is 9.47 Å². The molecule has 1 fully saturated rings. The first-order chi connectivity index (χ1) is 19.4. The van der Waals surface area contributed by atoms with Crippen molar-refractivity contribution >= 4 is 17.5 Å². The number of carbonyl (C=O) groups excluding carboxylic acids is 3. The third-order valence-corrected chi connectivity index (χ3v) is 7.92. The van der Waals surface area contributed by atoms with Crippen molar-refractivity contribution in [1.29, 1.82) is 0 Å². The molecule has 2 bridgehead atoms. The molecule has 0 aromatic rings. The zero-order valence-electron chi connectivity index (χ0n) is 25.4. The number of aliphatic hydroxyl groups excluding tert-OH is 2. The minimum Gasteiger partial charge on any atom is -0.455 e. The van der Waals surface area contributed by atoms with E-state index < -0.39 is 36.3 Å². The van der Waals surface area contributed by atoms with Gasteiger partial charge in [-0.15, -0.1) is 0 Å². The lowest BCUT2D eigenvalue weighted by Gasteiger charge is -2.22. The standard InChI is InChI=1S/C34H50O7/c1-7-8-12-24(4)34(39)25(5)14-10-15-31-32-17-16-28(40-32)20-27(35)19-26(6)30(37)21-29(36)23(3)13-9-11-22(2)18-33(38)41-31/h10,13-15,26,28-29,31-32,34,36,39H,2,4,7-9,11-12,16-21H2,1,3,5-6H3/b15-10+,23-13+,25-14+/t26?,28-,29+,31+,32-,34+/m1/s1. The number of carbonyl (C=O) groups is 3. The lowest BCUT2D eigenvalue weighted by molar-refractivity contribution is -0.152. The molecule has 2 aliphatic rings. The normalized spacial score (nSPS) is 30.2. The van der Waals surface area contributed by atoms with Crippen LogP contribution in [-0.2, 0) is 23.9 Å². The van der Waals surface area contributed by atoms with Gasteiger partial charge in [-0.05, 0) is 75.2 Å². The number of fused-ring (bicyclic) bond motifs is 2. The van der Waals surface area contributed by atoms with Crippen LogP contribution < -0.4 is 0 Å². The zero-order valence-corrected chi connectivity index (χ0v) is 25.4. The van der Waals surface area contributed by atoms with Crippen LogP contribution in [0.15, 0.2) is 59.8 Å². The smallest absolute Gasteiger partial charge is 0.310 e. The molecule has 6 atom stereocenters.